The fourth-order valence-corrected chi connectivity index (χ4v) is 3.22. The van der Waals surface area contributed by atoms with Gasteiger partial charge in [-0.2, -0.15) is 0 Å². The second-order valence-corrected chi connectivity index (χ2v) is 5.54. The van der Waals surface area contributed by atoms with E-state index in [0.29, 0.717) is 0 Å². The number of halogens is 1. The third-order valence-electron chi connectivity index (χ3n) is 2.46. The molecule has 1 atom stereocenters. The molecule has 0 aliphatic carbocycles. The maximum absolute atomic E-state index is 12.2. The number of alkyl halides is 1. The minimum absolute atomic E-state index is 0.555. The smallest absolute Gasteiger partial charge is 0.260 e. The molecule has 2 nitrogen and oxygen atoms in total. The molecule has 0 saturated heterocycles. The van der Waals surface area contributed by atoms with Gasteiger partial charge in [-0.3, -0.25) is 4.79 Å². The third-order valence-corrected chi connectivity index (χ3v) is 4.35. The number of amides is 1. The van der Waals surface area contributed by atoms with Crippen LogP contribution < -0.4 is 4.72 Å². The number of nitrogens with one attached hydrogen (secondary N) is 1. The summed E-state index contributed by atoms with van der Waals surface area (Å²) < 4.78 is 14.9. The first-order valence-electron chi connectivity index (χ1n) is 5.31. The van der Waals surface area contributed by atoms with Gasteiger partial charge in [-0.15, -0.1) is 11.1 Å². The monoisotopic (exact) mass is 251 g/mol. The van der Waals surface area contributed by atoms with E-state index >= 15 is 0 Å². The Morgan fingerprint density at radius 3 is 2.71 bits per heavy atom. The Labute approximate surface area is 103 Å². The van der Waals surface area contributed by atoms with E-state index in [1.165, 1.54) is 5.56 Å². The third kappa shape index (κ3) is 2.77. The van der Waals surface area contributed by atoms with Crippen molar-refractivity contribution in [1.82, 2.24) is 4.72 Å². The van der Waals surface area contributed by atoms with E-state index in [1.54, 1.807) is 0 Å². The van der Waals surface area contributed by atoms with Gasteiger partial charge in [-0.1, -0.05) is 35.9 Å². The van der Waals surface area contributed by atoms with Gasteiger partial charge < -0.3 is 4.72 Å². The van der Waals surface area contributed by atoms with Crippen LogP contribution in [0, 0.1) is 6.92 Å². The fraction of sp³-hybridized carbons (Fsp3) is 0.154. The first kappa shape index (κ1) is 11.9. The standard InChI is InChI=1S/C13H14FNOS/c1-10-4-6-11(7-5-10)12-3-2-8-17(12)15-13(16)9-14/h2-8,17H,9H2,1H3,(H,15,16). The van der Waals surface area contributed by atoms with Crippen LogP contribution in [0.5, 0.6) is 0 Å². The summed E-state index contributed by atoms with van der Waals surface area (Å²) in [5.74, 6) is -0.555. The highest BCUT2D eigenvalue weighted by Crippen LogP contribution is 2.43. The Morgan fingerprint density at radius 1 is 1.35 bits per heavy atom. The molecule has 1 aliphatic rings. The van der Waals surface area contributed by atoms with E-state index < -0.39 is 23.7 Å². The molecule has 0 spiro atoms. The van der Waals surface area contributed by atoms with Crippen molar-refractivity contribution >= 4 is 21.9 Å². The first-order valence-corrected chi connectivity index (χ1v) is 6.72. The number of allylic oxidation sites excluding steroid dienone is 2. The normalized spacial score (nSPS) is 20.1. The van der Waals surface area contributed by atoms with Crippen LogP contribution in [0.25, 0.3) is 4.91 Å². The molecule has 1 unspecified atom stereocenters. The minimum Gasteiger partial charge on any atom is -0.311 e. The van der Waals surface area contributed by atoms with Crippen LogP contribution in [0.2, 0.25) is 0 Å². The van der Waals surface area contributed by atoms with Crippen LogP contribution in [0.1, 0.15) is 11.1 Å². The highest BCUT2D eigenvalue weighted by molar-refractivity contribution is 8.26. The molecule has 1 aromatic rings. The van der Waals surface area contributed by atoms with Gasteiger partial charge in [0.2, 0.25) is 0 Å². The van der Waals surface area contributed by atoms with Crippen LogP contribution in [-0.2, 0) is 4.79 Å². The zero-order valence-electron chi connectivity index (χ0n) is 9.48. The van der Waals surface area contributed by atoms with Crippen molar-refractivity contribution in [3.05, 3.63) is 53.0 Å². The maximum Gasteiger partial charge on any atom is 0.260 e. The van der Waals surface area contributed by atoms with E-state index in [2.05, 4.69) is 4.72 Å². The van der Waals surface area contributed by atoms with E-state index in [-0.39, 0.29) is 0 Å². The predicted octanol–water partition coefficient (Wildman–Crippen LogP) is 2.87. The van der Waals surface area contributed by atoms with Gasteiger partial charge in [0.1, 0.15) is 0 Å². The lowest BCUT2D eigenvalue weighted by Gasteiger charge is -2.19. The van der Waals surface area contributed by atoms with Gasteiger partial charge in [-0.05, 0) is 24.0 Å². The van der Waals surface area contributed by atoms with E-state index in [1.807, 2.05) is 48.7 Å². The molecule has 1 aliphatic heterocycles. The van der Waals surface area contributed by atoms with Gasteiger partial charge in [0, 0.05) is 4.91 Å². The summed E-state index contributed by atoms with van der Waals surface area (Å²) in [7, 11) is 0. The summed E-state index contributed by atoms with van der Waals surface area (Å²) in [6.45, 7) is 1.06. The van der Waals surface area contributed by atoms with Crippen molar-refractivity contribution in [2.75, 3.05) is 6.67 Å². The Morgan fingerprint density at radius 2 is 2.06 bits per heavy atom. The molecule has 17 heavy (non-hydrogen) atoms. The number of rotatable bonds is 3. The summed E-state index contributed by atoms with van der Waals surface area (Å²) in [5.41, 5.74) is 2.27. The molecule has 1 N–H and O–H groups in total. The molecule has 1 heterocycles. The molecule has 0 saturated carbocycles. The van der Waals surface area contributed by atoms with Gasteiger partial charge in [0.15, 0.2) is 6.67 Å². The highest BCUT2D eigenvalue weighted by atomic mass is 32.2. The summed E-state index contributed by atoms with van der Waals surface area (Å²) >= 11 is -0.899. The molecule has 90 valence electrons. The Hall–Kier alpha value is -1.55. The van der Waals surface area contributed by atoms with Crippen LogP contribution in [0.15, 0.2) is 41.8 Å². The quantitative estimate of drug-likeness (QED) is 0.795. The minimum atomic E-state index is -0.964. The van der Waals surface area contributed by atoms with Gasteiger partial charge in [0.05, 0.1) is 0 Å². The van der Waals surface area contributed by atoms with E-state index in [9.17, 15) is 9.18 Å². The SMILES string of the molecule is Cc1ccc(C2=CC=C[SH]2NC(=O)CF)cc1. The van der Waals surface area contributed by atoms with Gasteiger partial charge >= 0.3 is 0 Å². The molecule has 1 aromatic carbocycles. The number of hydrogen-bond acceptors (Lipinski definition) is 1. The van der Waals surface area contributed by atoms with Gasteiger partial charge in [0.25, 0.3) is 5.91 Å². The topological polar surface area (TPSA) is 29.1 Å². The summed E-state index contributed by atoms with van der Waals surface area (Å²) in [6, 6.07) is 8.09. The lowest BCUT2D eigenvalue weighted by molar-refractivity contribution is -0.120. The lowest BCUT2D eigenvalue weighted by atomic mass is 10.1. The fourth-order valence-electron chi connectivity index (χ4n) is 1.60. The maximum atomic E-state index is 12.2. The second-order valence-electron chi connectivity index (χ2n) is 3.80. The van der Waals surface area contributed by atoms with Crippen molar-refractivity contribution in [2.24, 2.45) is 0 Å². The number of carbonyl (C=O) groups excluding carboxylic acids is 1. The number of carbonyl (C=O) groups is 1. The van der Waals surface area contributed by atoms with E-state index in [4.69, 9.17) is 0 Å². The summed E-state index contributed by atoms with van der Waals surface area (Å²) in [6.07, 6.45) is 3.87. The molecule has 0 aromatic heterocycles. The Bertz CT molecular complexity index is 479. The zero-order valence-corrected chi connectivity index (χ0v) is 10.4. The highest BCUT2D eigenvalue weighted by Gasteiger charge is 2.14. The molecule has 2 rings (SSSR count). The van der Waals surface area contributed by atoms with E-state index in [0.717, 1.165) is 10.5 Å². The molecule has 1 amide bonds. The first-order chi connectivity index (χ1) is 8.20. The summed E-state index contributed by atoms with van der Waals surface area (Å²) in [5, 5.41) is 1.91. The Kier molecular flexibility index (Phi) is 3.64. The average molecular weight is 251 g/mol. The van der Waals surface area contributed by atoms with Crippen LogP contribution in [-0.4, -0.2) is 12.6 Å². The molecular weight excluding hydrogens is 237 g/mol. The van der Waals surface area contributed by atoms with Crippen LogP contribution in [0.3, 0.4) is 0 Å². The van der Waals surface area contributed by atoms with Crippen LogP contribution >= 0.6 is 11.1 Å². The van der Waals surface area contributed by atoms with Crippen molar-refractivity contribution in [2.45, 2.75) is 6.92 Å². The zero-order chi connectivity index (χ0) is 12.3. The summed E-state index contributed by atoms with van der Waals surface area (Å²) in [4.78, 5) is 12.1. The largest absolute Gasteiger partial charge is 0.311 e. The number of benzene rings is 1. The number of hydrogen-bond donors (Lipinski definition) is 2. The molecule has 4 heteroatoms. The number of thiol groups is 1. The molecule has 0 radical (unpaired) electrons. The number of aryl methyl sites for hydroxylation is 1. The lowest BCUT2D eigenvalue weighted by Crippen LogP contribution is -2.20. The molecular formula is C13H14FNOS. The van der Waals surface area contributed by atoms with Crippen LogP contribution in [0.4, 0.5) is 4.39 Å². The average Bonchev–Trinajstić information content (AvgIpc) is 2.78. The molecule has 0 bridgehead atoms. The predicted molar refractivity (Wildman–Crippen MR) is 71.4 cm³/mol. The van der Waals surface area contributed by atoms with Crippen molar-refractivity contribution < 1.29 is 9.18 Å². The Balaban J connectivity index is 2.16. The molecule has 0 fully saturated rings. The second kappa shape index (κ2) is 5.19. The van der Waals surface area contributed by atoms with Crippen molar-refractivity contribution in [3.8, 4) is 0 Å². The van der Waals surface area contributed by atoms with Crippen molar-refractivity contribution in [1.29, 1.82) is 0 Å². The van der Waals surface area contributed by atoms with Crippen molar-refractivity contribution in [3.63, 3.8) is 0 Å². The van der Waals surface area contributed by atoms with Gasteiger partial charge in [-0.25, -0.2) is 4.39 Å².